The molecular weight excluding hydrogens is 236 g/mol. The molecule has 0 aliphatic carbocycles. The van der Waals surface area contributed by atoms with Gasteiger partial charge in [0.05, 0.1) is 11.4 Å². The zero-order valence-corrected chi connectivity index (χ0v) is 10.5. The van der Waals surface area contributed by atoms with Gasteiger partial charge in [-0.2, -0.15) is 0 Å². The summed E-state index contributed by atoms with van der Waals surface area (Å²) in [5, 5.41) is 7.84. The topological polar surface area (TPSA) is 33.3 Å². The lowest BCUT2D eigenvalue weighted by Crippen LogP contribution is -2.40. The van der Waals surface area contributed by atoms with Crippen LogP contribution in [0.15, 0.2) is 18.2 Å². The summed E-state index contributed by atoms with van der Waals surface area (Å²) >= 11 is 6.02. The molecule has 2 aliphatic rings. The fourth-order valence-electron chi connectivity index (χ4n) is 2.60. The van der Waals surface area contributed by atoms with Gasteiger partial charge in [-0.1, -0.05) is 11.6 Å². The molecule has 0 aromatic heterocycles. The van der Waals surface area contributed by atoms with E-state index in [-0.39, 0.29) is 0 Å². The van der Waals surface area contributed by atoms with Crippen LogP contribution in [0.3, 0.4) is 0 Å². The highest BCUT2D eigenvalue weighted by atomic mass is 35.5. The minimum Gasteiger partial charge on any atom is -0.383 e. The van der Waals surface area contributed by atoms with E-state index in [2.05, 4.69) is 10.6 Å². The molecule has 0 amide bonds. The second-order valence-corrected chi connectivity index (χ2v) is 5.45. The van der Waals surface area contributed by atoms with E-state index in [1.165, 1.54) is 0 Å². The summed E-state index contributed by atoms with van der Waals surface area (Å²) in [5.41, 5.74) is 2.59. The maximum atomic E-state index is 6.02. The Hall–Kier alpha value is -0.930. The lowest BCUT2D eigenvalue weighted by atomic mass is 9.80. The predicted octanol–water partition coefficient (Wildman–Crippen LogP) is 2.97. The molecule has 17 heavy (non-hydrogen) atoms. The van der Waals surface area contributed by atoms with Crippen LogP contribution in [0.2, 0.25) is 5.02 Å². The van der Waals surface area contributed by atoms with E-state index in [1.54, 1.807) is 0 Å². The largest absolute Gasteiger partial charge is 0.383 e. The van der Waals surface area contributed by atoms with Crippen LogP contribution in [-0.2, 0) is 4.74 Å². The Morgan fingerprint density at radius 1 is 1.06 bits per heavy atom. The van der Waals surface area contributed by atoms with Crippen LogP contribution in [0.1, 0.15) is 12.8 Å². The molecule has 92 valence electrons. The van der Waals surface area contributed by atoms with Crippen LogP contribution >= 0.6 is 11.6 Å². The highest BCUT2D eigenvalue weighted by Crippen LogP contribution is 2.36. The van der Waals surface area contributed by atoms with Gasteiger partial charge in [0.2, 0.25) is 0 Å². The van der Waals surface area contributed by atoms with E-state index in [9.17, 15) is 0 Å². The van der Waals surface area contributed by atoms with Gasteiger partial charge < -0.3 is 15.4 Å². The maximum absolute atomic E-state index is 6.02. The molecule has 0 radical (unpaired) electrons. The van der Waals surface area contributed by atoms with Crippen molar-refractivity contribution in [2.24, 2.45) is 5.41 Å². The lowest BCUT2D eigenvalue weighted by Gasteiger charge is -2.36. The summed E-state index contributed by atoms with van der Waals surface area (Å²) in [7, 11) is 0. The second-order valence-electron chi connectivity index (χ2n) is 5.01. The molecule has 1 saturated heterocycles. The SMILES string of the molecule is Clc1ccc2c(c1)NCC1(CCOCC1)CN2. The van der Waals surface area contributed by atoms with E-state index in [1.807, 2.05) is 18.2 Å². The molecule has 3 nitrogen and oxygen atoms in total. The number of halogens is 1. The number of benzene rings is 1. The van der Waals surface area contributed by atoms with E-state index in [4.69, 9.17) is 16.3 Å². The number of ether oxygens (including phenoxy) is 1. The monoisotopic (exact) mass is 252 g/mol. The third-order valence-corrected chi connectivity index (χ3v) is 4.08. The van der Waals surface area contributed by atoms with Gasteiger partial charge in [0.25, 0.3) is 0 Å². The first-order valence-corrected chi connectivity index (χ1v) is 6.50. The van der Waals surface area contributed by atoms with Crippen molar-refractivity contribution in [1.29, 1.82) is 0 Å². The van der Waals surface area contributed by atoms with Crippen LogP contribution in [0.4, 0.5) is 11.4 Å². The number of hydrogen-bond acceptors (Lipinski definition) is 3. The smallest absolute Gasteiger partial charge is 0.0591 e. The first-order chi connectivity index (χ1) is 8.27. The van der Waals surface area contributed by atoms with Gasteiger partial charge in [0.1, 0.15) is 0 Å². The molecule has 2 N–H and O–H groups in total. The Balaban J connectivity index is 1.82. The Bertz CT molecular complexity index is 416. The molecule has 0 saturated carbocycles. The van der Waals surface area contributed by atoms with E-state index >= 15 is 0 Å². The summed E-state index contributed by atoms with van der Waals surface area (Å²) < 4.78 is 5.46. The summed E-state index contributed by atoms with van der Waals surface area (Å²) in [6.07, 6.45) is 2.24. The van der Waals surface area contributed by atoms with Crippen LogP contribution in [-0.4, -0.2) is 26.3 Å². The van der Waals surface area contributed by atoms with Crippen molar-refractivity contribution < 1.29 is 4.74 Å². The van der Waals surface area contributed by atoms with Crippen molar-refractivity contribution in [2.75, 3.05) is 36.9 Å². The lowest BCUT2D eigenvalue weighted by molar-refractivity contribution is 0.0276. The molecule has 2 heterocycles. The van der Waals surface area contributed by atoms with Crippen LogP contribution in [0.5, 0.6) is 0 Å². The summed E-state index contributed by atoms with van der Waals surface area (Å²) in [6.45, 7) is 3.76. The van der Waals surface area contributed by atoms with Crippen molar-refractivity contribution in [3.63, 3.8) is 0 Å². The summed E-state index contributed by atoms with van der Waals surface area (Å²) in [6, 6.07) is 5.96. The van der Waals surface area contributed by atoms with Crippen molar-refractivity contribution in [2.45, 2.75) is 12.8 Å². The van der Waals surface area contributed by atoms with E-state index < -0.39 is 0 Å². The standard InChI is InChI=1S/C13H17ClN2O/c14-10-1-2-11-12(7-10)16-9-13(8-15-11)3-5-17-6-4-13/h1-2,7,15-16H,3-6,8-9H2. The van der Waals surface area contributed by atoms with Gasteiger partial charge in [-0.05, 0) is 31.0 Å². The molecule has 1 aromatic carbocycles. The summed E-state index contributed by atoms with van der Waals surface area (Å²) in [4.78, 5) is 0. The van der Waals surface area contributed by atoms with Gasteiger partial charge in [0, 0.05) is 36.7 Å². The zero-order chi connectivity index (χ0) is 11.7. The third-order valence-electron chi connectivity index (χ3n) is 3.84. The fraction of sp³-hybridized carbons (Fsp3) is 0.538. The van der Waals surface area contributed by atoms with E-state index in [0.717, 1.165) is 55.5 Å². The first-order valence-electron chi connectivity index (χ1n) is 6.13. The van der Waals surface area contributed by atoms with Crippen LogP contribution in [0.25, 0.3) is 0 Å². The molecule has 3 rings (SSSR count). The Kier molecular flexibility index (Phi) is 2.89. The third kappa shape index (κ3) is 2.22. The van der Waals surface area contributed by atoms with Crippen molar-refractivity contribution in [3.8, 4) is 0 Å². The zero-order valence-electron chi connectivity index (χ0n) is 9.76. The summed E-state index contributed by atoms with van der Waals surface area (Å²) in [5.74, 6) is 0. The second kappa shape index (κ2) is 4.39. The predicted molar refractivity (Wildman–Crippen MR) is 70.9 cm³/mol. The van der Waals surface area contributed by atoms with E-state index in [0.29, 0.717) is 5.41 Å². The van der Waals surface area contributed by atoms with Crippen molar-refractivity contribution in [1.82, 2.24) is 0 Å². The minimum atomic E-state index is 0.323. The van der Waals surface area contributed by atoms with Crippen LogP contribution in [0, 0.1) is 5.41 Å². The molecule has 1 spiro atoms. The number of nitrogens with one attached hydrogen (secondary N) is 2. The number of fused-ring (bicyclic) bond motifs is 1. The molecule has 4 heteroatoms. The van der Waals surface area contributed by atoms with Gasteiger partial charge in [0.15, 0.2) is 0 Å². The average molecular weight is 253 g/mol. The van der Waals surface area contributed by atoms with Crippen LogP contribution < -0.4 is 10.6 Å². The van der Waals surface area contributed by atoms with Gasteiger partial charge in [-0.15, -0.1) is 0 Å². The molecule has 0 unspecified atom stereocenters. The molecule has 2 aliphatic heterocycles. The number of hydrogen-bond donors (Lipinski definition) is 2. The van der Waals surface area contributed by atoms with Gasteiger partial charge >= 0.3 is 0 Å². The number of rotatable bonds is 0. The Labute approximate surface area is 106 Å². The molecule has 0 bridgehead atoms. The Morgan fingerprint density at radius 2 is 1.76 bits per heavy atom. The first kappa shape index (κ1) is 11.2. The normalized spacial score (nSPS) is 22.2. The minimum absolute atomic E-state index is 0.323. The maximum Gasteiger partial charge on any atom is 0.0591 e. The van der Waals surface area contributed by atoms with Crippen molar-refractivity contribution in [3.05, 3.63) is 23.2 Å². The van der Waals surface area contributed by atoms with Crippen molar-refractivity contribution >= 4 is 23.0 Å². The molecular formula is C13H17ClN2O. The highest BCUT2D eigenvalue weighted by molar-refractivity contribution is 6.31. The molecule has 1 aromatic rings. The quantitative estimate of drug-likeness (QED) is 0.745. The number of anilines is 2. The van der Waals surface area contributed by atoms with Gasteiger partial charge in [-0.25, -0.2) is 0 Å². The molecule has 1 fully saturated rings. The Morgan fingerprint density at radius 3 is 2.53 bits per heavy atom. The highest BCUT2D eigenvalue weighted by Gasteiger charge is 2.34. The molecule has 0 atom stereocenters. The van der Waals surface area contributed by atoms with Gasteiger partial charge in [-0.3, -0.25) is 0 Å². The fourth-order valence-corrected chi connectivity index (χ4v) is 2.77. The average Bonchev–Trinajstić information content (AvgIpc) is 2.52.